The van der Waals surface area contributed by atoms with Crippen LogP contribution in [-0.4, -0.2) is 24.2 Å². The average Bonchev–Trinajstić information content (AvgIpc) is 2.90. The molecule has 0 fully saturated rings. The predicted molar refractivity (Wildman–Crippen MR) is 84.7 cm³/mol. The summed E-state index contributed by atoms with van der Waals surface area (Å²) in [5.74, 6) is 1.91. The molecule has 0 aliphatic rings. The van der Waals surface area contributed by atoms with Gasteiger partial charge in [0.1, 0.15) is 5.82 Å². The minimum atomic E-state index is 0.470. The van der Waals surface area contributed by atoms with E-state index < -0.39 is 0 Å². The van der Waals surface area contributed by atoms with Crippen molar-refractivity contribution in [3.8, 4) is 22.9 Å². The molecule has 0 radical (unpaired) electrons. The second-order valence-electron chi connectivity index (χ2n) is 4.41. The van der Waals surface area contributed by atoms with E-state index in [1.54, 1.807) is 20.3 Å². The summed E-state index contributed by atoms with van der Waals surface area (Å²) < 4.78 is 10.6. The molecule has 1 aromatic heterocycles. The zero-order valence-corrected chi connectivity index (χ0v) is 12.9. The highest BCUT2D eigenvalue weighted by molar-refractivity contribution is 6.43. The fraction of sp³-hybridized carbons (Fsp3) is 0.133. The number of aromatic nitrogens is 2. The van der Waals surface area contributed by atoms with Gasteiger partial charge in [0.05, 0.1) is 35.3 Å². The number of methoxy groups -OCH3 is 2. The first kappa shape index (κ1) is 14.0. The Labute approximate surface area is 131 Å². The summed E-state index contributed by atoms with van der Waals surface area (Å²) in [6.45, 7) is 0. The number of hydrogen-bond donors (Lipinski definition) is 1. The van der Waals surface area contributed by atoms with Crippen molar-refractivity contribution in [3.05, 3.63) is 40.4 Å². The van der Waals surface area contributed by atoms with E-state index >= 15 is 0 Å². The molecule has 1 N–H and O–H groups in total. The number of rotatable bonds is 3. The van der Waals surface area contributed by atoms with Crippen LogP contribution < -0.4 is 9.47 Å². The second-order valence-corrected chi connectivity index (χ2v) is 5.20. The Bertz CT molecular complexity index is 774. The minimum Gasteiger partial charge on any atom is -0.493 e. The zero-order chi connectivity index (χ0) is 15.0. The van der Waals surface area contributed by atoms with Crippen molar-refractivity contribution in [2.45, 2.75) is 0 Å². The molecule has 0 saturated carbocycles. The van der Waals surface area contributed by atoms with Crippen molar-refractivity contribution >= 4 is 34.2 Å². The third kappa shape index (κ3) is 2.41. The molecule has 1 heterocycles. The van der Waals surface area contributed by atoms with Crippen LogP contribution in [0.2, 0.25) is 10.0 Å². The van der Waals surface area contributed by atoms with E-state index in [4.69, 9.17) is 32.7 Å². The van der Waals surface area contributed by atoms with E-state index in [1.807, 2.05) is 24.3 Å². The molecule has 0 bridgehead atoms. The number of ether oxygens (including phenoxy) is 2. The molecule has 0 saturated heterocycles. The van der Waals surface area contributed by atoms with Crippen LogP contribution in [0.4, 0.5) is 0 Å². The first-order valence-corrected chi connectivity index (χ1v) is 6.95. The topological polar surface area (TPSA) is 47.1 Å². The number of imidazole rings is 1. The highest BCUT2D eigenvalue weighted by Gasteiger charge is 2.13. The SMILES string of the molecule is COc1cc2nc(-c3cccc(Cl)c3Cl)[nH]c2cc1OC. The van der Waals surface area contributed by atoms with Gasteiger partial charge < -0.3 is 14.5 Å². The van der Waals surface area contributed by atoms with Gasteiger partial charge in [0.25, 0.3) is 0 Å². The lowest BCUT2D eigenvalue weighted by molar-refractivity contribution is 0.356. The Morgan fingerprint density at radius 2 is 1.76 bits per heavy atom. The normalized spacial score (nSPS) is 10.9. The zero-order valence-electron chi connectivity index (χ0n) is 11.4. The van der Waals surface area contributed by atoms with E-state index in [0.717, 1.165) is 16.6 Å². The van der Waals surface area contributed by atoms with Crippen LogP contribution in [0.3, 0.4) is 0 Å². The third-order valence-electron chi connectivity index (χ3n) is 3.19. The molecule has 21 heavy (non-hydrogen) atoms. The fourth-order valence-corrected chi connectivity index (χ4v) is 2.54. The molecule has 108 valence electrons. The molecule has 0 aliphatic carbocycles. The number of nitrogens with one attached hydrogen (secondary N) is 1. The number of aromatic amines is 1. The van der Waals surface area contributed by atoms with Crippen molar-refractivity contribution in [1.29, 1.82) is 0 Å². The second kappa shape index (κ2) is 5.47. The Hall–Kier alpha value is -1.91. The highest BCUT2D eigenvalue weighted by Crippen LogP contribution is 2.35. The molecule has 0 spiro atoms. The molecular formula is C15H12Cl2N2O2. The first-order chi connectivity index (χ1) is 10.1. The predicted octanol–water partition coefficient (Wildman–Crippen LogP) is 4.55. The lowest BCUT2D eigenvalue weighted by Gasteiger charge is -2.06. The van der Waals surface area contributed by atoms with Gasteiger partial charge in [-0.2, -0.15) is 0 Å². The van der Waals surface area contributed by atoms with Gasteiger partial charge in [0.2, 0.25) is 0 Å². The van der Waals surface area contributed by atoms with Crippen molar-refractivity contribution < 1.29 is 9.47 Å². The van der Waals surface area contributed by atoms with Gasteiger partial charge in [-0.3, -0.25) is 0 Å². The summed E-state index contributed by atoms with van der Waals surface area (Å²) in [5, 5.41) is 0.960. The van der Waals surface area contributed by atoms with Gasteiger partial charge in [-0.05, 0) is 12.1 Å². The molecule has 0 atom stereocenters. The molecule has 4 nitrogen and oxygen atoms in total. The molecule has 0 aliphatic heterocycles. The maximum Gasteiger partial charge on any atom is 0.163 e. The van der Waals surface area contributed by atoms with Crippen molar-refractivity contribution in [1.82, 2.24) is 9.97 Å². The summed E-state index contributed by atoms with van der Waals surface area (Å²) in [5.41, 5.74) is 2.34. The van der Waals surface area contributed by atoms with Crippen LogP contribution in [0.25, 0.3) is 22.4 Å². The van der Waals surface area contributed by atoms with Gasteiger partial charge in [-0.1, -0.05) is 29.3 Å². The molecule has 3 aromatic rings. The van der Waals surface area contributed by atoms with Gasteiger partial charge in [-0.15, -0.1) is 0 Å². The number of benzene rings is 2. The number of halogens is 2. The van der Waals surface area contributed by atoms with Crippen molar-refractivity contribution in [2.24, 2.45) is 0 Å². The minimum absolute atomic E-state index is 0.470. The maximum atomic E-state index is 6.23. The summed E-state index contributed by atoms with van der Waals surface area (Å²) in [7, 11) is 3.18. The Morgan fingerprint density at radius 3 is 2.48 bits per heavy atom. The lowest BCUT2D eigenvalue weighted by Crippen LogP contribution is -1.89. The third-order valence-corrected chi connectivity index (χ3v) is 4.01. The monoisotopic (exact) mass is 322 g/mol. The van der Waals surface area contributed by atoms with Gasteiger partial charge in [0.15, 0.2) is 11.5 Å². The van der Waals surface area contributed by atoms with Crippen LogP contribution in [0.15, 0.2) is 30.3 Å². The van der Waals surface area contributed by atoms with Gasteiger partial charge in [-0.25, -0.2) is 4.98 Å². The van der Waals surface area contributed by atoms with E-state index in [2.05, 4.69) is 9.97 Å². The molecular weight excluding hydrogens is 311 g/mol. The molecule has 6 heteroatoms. The largest absolute Gasteiger partial charge is 0.493 e. The molecule has 0 unspecified atom stereocenters. The lowest BCUT2D eigenvalue weighted by atomic mass is 10.2. The van der Waals surface area contributed by atoms with Crippen LogP contribution in [0, 0.1) is 0 Å². The standard InChI is InChI=1S/C15H12Cl2N2O2/c1-20-12-6-10-11(7-13(12)21-2)19-15(18-10)8-4-3-5-9(16)14(8)17/h3-7H,1-2H3,(H,18,19). The quantitative estimate of drug-likeness (QED) is 0.769. The smallest absolute Gasteiger partial charge is 0.163 e. The Kier molecular flexibility index (Phi) is 3.66. The van der Waals surface area contributed by atoms with Gasteiger partial charge >= 0.3 is 0 Å². The van der Waals surface area contributed by atoms with Crippen LogP contribution in [-0.2, 0) is 0 Å². The van der Waals surface area contributed by atoms with Crippen molar-refractivity contribution in [2.75, 3.05) is 14.2 Å². The average molecular weight is 323 g/mol. The van der Waals surface area contributed by atoms with E-state index in [0.29, 0.717) is 27.4 Å². The van der Waals surface area contributed by atoms with Crippen LogP contribution >= 0.6 is 23.2 Å². The highest BCUT2D eigenvalue weighted by atomic mass is 35.5. The fourth-order valence-electron chi connectivity index (χ4n) is 2.15. The molecule has 0 amide bonds. The summed E-state index contributed by atoms with van der Waals surface area (Å²) in [6, 6.07) is 9.08. The van der Waals surface area contributed by atoms with Crippen LogP contribution in [0.5, 0.6) is 11.5 Å². The molecule has 3 rings (SSSR count). The first-order valence-electron chi connectivity index (χ1n) is 6.20. The Balaban J connectivity index is 2.19. The molecule has 2 aromatic carbocycles. The summed E-state index contributed by atoms with van der Waals surface area (Å²) >= 11 is 12.3. The summed E-state index contributed by atoms with van der Waals surface area (Å²) in [6.07, 6.45) is 0. The Morgan fingerprint density at radius 1 is 1.05 bits per heavy atom. The van der Waals surface area contributed by atoms with Gasteiger partial charge in [0, 0.05) is 17.7 Å². The number of hydrogen-bond acceptors (Lipinski definition) is 3. The maximum absolute atomic E-state index is 6.23. The van der Waals surface area contributed by atoms with E-state index in [9.17, 15) is 0 Å². The van der Waals surface area contributed by atoms with E-state index in [1.165, 1.54) is 0 Å². The van der Waals surface area contributed by atoms with E-state index in [-0.39, 0.29) is 0 Å². The number of fused-ring (bicyclic) bond motifs is 1. The number of nitrogens with zero attached hydrogens (tertiary/aromatic N) is 1. The summed E-state index contributed by atoms with van der Waals surface area (Å²) in [4.78, 5) is 7.75. The number of H-pyrrole nitrogens is 1. The van der Waals surface area contributed by atoms with Crippen molar-refractivity contribution in [3.63, 3.8) is 0 Å². The van der Waals surface area contributed by atoms with Crippen LogP contribution in [0.1, 0.15) is 0 Å².